The molecule has 0 bridgehead atoms. The standard InChI is InChI=1S/C15H11BrF3NO/c16-9-10-4-6-13(7-5-10)20-14(21)11-2-1-3-12(8-11)15(17,18)19/h1-8H,9H2,(H,20,21). The van der Waals surface area contributed by atoms with E-state index in [0.717, 1.165) is 17.7 Å². The van der Waals surface area contributed by atoms with Gasteiger partial charge < -0.3 is 5.32 Å². The number of carbonyl (C=O) groups is 1. The van der Waals surface area contributed by atoms with Crippen molar-refractivity contribution >= 4 is 27.5 Å². The van der Waals surface area contributed by atoms with E-state index in [1.165, 1.54) is 12.1 Å². The molecule has 2 nitrogen and oxygen atoms in total. The normalized spacial score (nSPS) is 11.2. The molecular weight excluding hydrogens is 347 g/mol. The molecule has 0 saturated carbocycles. The first kappa shape index (κ1) is 15.6. The lowest BCUT2D eigenvalue weighted by molar-refractivity contribution is -0.137. The van der Waals surface area contributed by atoms with Crippen LogP contribution in [-0.4, -0.2) is 5.91 Å². The van der Waals surface area contributed by atoms with Crippen molar-refractivity contribution in [2.24, 2.45) is 0 Å². The molecular formula is C15H11BrF3NO. The molecule has 21 heavy (non-hydrogen) atoms. The Kier molecular flexibility index (Phi) is 4.67. The molecule has 0 fully saturated rings. The number of benzene rings is 2. The highest BCUT2D eigenvalue weighted by Crippen LogP contribution is 2.29. The smallest absolute Gasteiger partial charge is 0.322 e. The first-order chi connectivity index (χ1) is 9.90. The Bertz CT molecular complexity index is 638. The molecule has 0 aliphatic heterocycles. The molecule has 0 atom stereocenters. The SMILES string of the molecule is O=C(Nc1ccc(CBr)cc1)c1cccc(C(F)(F)F)c1. The Balaban J connectivity index is 2.16. The summed E-state index contributed by atoms with van der Waals surface area (Å²) in [5.74, 6) is -0.576. The lowest BCUT2D eigenvalue weighted by atomic mass is 10.1. The molecule has 2 rings (SSSR count). The van der Waals surface area contributed by atoms with Gasteiger partial charge in [0, 0.05) is 16.6 Å². The summed E-state index contributed by atoms with van der Waals surface area (Å²) >= 11 is 3.30. The molecule has 1 amide bonds. The van der Waals surface area contributed by atoms with Crippen molar-refractivity contribution in [2.75, 3.05) is 5.32 Å². The van der Waals surface area contributed by atoms with Gasteiger partial charge >= 0.3 is 6.18 Å². The van der Waals surface area contributed by atoms with Gasteiger partial charge in [-0.2, -0.15) is 13.2 Å². The molecule has 2 aromatic carbocycles. The maximum atomic E-state index is 12.6. The lowest BCUT2D eigenvalue weighted by Crippen LogP contribution is -2.13. The summed E-state index contributed by atoms with van der Waals surface area (Å²) in [4.78, 5) is 12.0. The van der Waals surface area contributed by atoms with Crippen LogP contribution in [0.15, 0.2) is 48.5 Å². The van der Waals surface area contributed by atoms with E-state index in [1.807, 2.05) is 12.1 Å². The van der Waals surface area contributed by atoms with Crippen LogP contribution in [0.25, 0.3) is 0 Å². The summed E-state index contributed by atoms with van der Waals surface area (Å²) < 4.78 is 37.8. The van der Waals surface area contributed by atoms with E-state index in [4.69, 9.17) is 0 Å². The minimum absolute atomic E-state index is 0.0330. The van der Waals surface area contributed by atoms with E-state index in [2.05, 4.69) is 21.2 Å². The number of hydrogen-bond donors (Lipinski definition) is 1. The number of anilines is 1. The average Bonchev–Trinajstić information content (AvgIpc) is 2.47. The molecule has 1 N–H and O–H groups in total. The van der Waals surface area contributed by atoms with E-state index in [1.54, 1.807) is 12.1 Å². The van der Waals surface area contributed by atoms with Gasteiger partial charge in [-0.15, -0.1) is 0 Å². The van der Waals surface area contributed by atoms with Crippen molar-refractivity contribution in [3.63, 3.8) is 0 Å². The molecule has 0 aliphatic carbocycles. The Hall–Kier alpha value is -1.82. The zero-order chi connectivity index (χ0) is 15.5. The summed E-state index contributed by atoms with van der Waals surface area (Å²) in [6, 6.07) is 11.4. The van der Waals surface area contributed by atoms with Gasteiger partial charge in [-0.25, -0.2) is 0 Å². The molecule has 0 radical (unpaired) electrons. The number of hydrogen-bond acceptors (Lipinski definition) is 1. The Morgan fingerprint density at radius 1 is 1.10 bits per heavy atom. The van der Waals surface area contributed by atoms with Gasteiger partial charge in [0.25, 0.3) is 5.91 Å². The molecule has 0 spiro atoms. The average molecular weight is 358 g/mol. The van der Waals surface area contributed by atoms with Crippen LogP contribution in [-0.2, 0) is 11.5 Å². The van der Waals surface area contributed by atoms with Crippen LogP contribution in [0.5, 0.6) is 0 Å². The molecule has 0 heterocycles. The van der Waals surface area contributed by atoms with E-state index in [0.29, 0.717) is 11.0 Å². The van der Waals surface area contributed by atoms with Crippen LogP contribution >= 0.6 is 15.9 Å². The predicted octanol–water partition coefficient (Wildman–Crippen LogP) is 4.85. The number of alkyl halides is 4. The van der Waals surface area contributed by atoms with Gasteiger partial charge in [0.05, 0.1) is 5.56 Å². The largest absolute Gasteiger partial charge is 0.416 e. The van der Waals surface area contributed by atoms with E-state index in [-0.39, 0.29) is 5.56 Å². The van der Waals surface area contributed by atoms with Crippen molar-refractivity contribution in [2.45, 2.75) is 11.5 Å². The van der Waals surface area contributed by atoms with Crippen molar-refractivity contribution < 1.29 is 18.0 Å². The number of carbonyl (C=O) groups excluding carboxylic acids is 1. The van der Waals surface area contributed by atoms with Gasteiger partial charge in [0.1, 0.15) is 0 Å². The molecule has 0 aliphatic rings. The fraction of sp³-hybridized carbons (Fsp3) is 0.133. The van der Waals surface area contributed by atoms with E-state index >= 15 is 0 Å². The second-order valence-corrected chi connectivity index (χ2v) is 4.92. The first-order valence-corrected chi connectivity index (χ1v) is 7.16. The van der Waals surface area contributed by atoms with Gasteiger partial charge in [0.2, 0.25) is 0 Å². The van der Waals surface area contributed by atoms with Crippen LogP contribution in [0.2, 0.25) is 0 Å². The quantitative estimate of drug-likeness (QED) is 0.781. The summed E-state index contributed by atoms with van der Waals surface area (Å²) in [7, 11) is 0. The zero-order valence-corrected chi connectivity index (χ0v) is 12.3. The Labute approximate surface area is 128 Å². The summed E-state index contributed by atoms with van der Waals surface area (Å²) in [6.45, 7) is 0. The van der Waals surface area contributed by atoms with Gasteiger partial charge in [-0.3, -0.25) is 4.79 Å². The van der Waals surface area contributed by atoms with Crippen LogP contribution in [0, 0.1) is 0 Å². The first-order valence-electron chi connectivity index (χ1n) is 6.03. The summed E-state index contributed by atoms with van der Waals surface area (Å²) in [5, 5.41) is 3.26. The fourth-order valence-corrected chi connectivity index (χ4v) is 2.09. The van der Waals surface area contributed by atoms with Crippen molar-refractivity contribution in [1.29, 1.82) is 0 Å². The van der Waals surface area contributed by atoms with Crippen molar-refractivity contribution in [1.82, 2.24) is 0 Å². The third-order valence-electron chi connectivity index (χ3n) is 2.82. The number of nitrogens with one attached hydrogen (secondary N) is 1. The number of rotatable bonds is 3. The van der Waals surface area contributed by atoms with Crippen LogP contribution < -0.4 is 5.32 Å². The predicted molar refractivity (Wildman–Crippen MR) is 78.5 cm³/mol. The van der Waals surface area contributed by atoms with Crippen LogP contribution in [0.1, 0.15) is 21.5 Å². The maximum Gasteiger partial charge on any atom is 0.416 e. The molecule has 2 aromatic rings. The lowest BCUT2D eigenvalue weighted by Gasteiger charge is -2.09. The second-order valence-electron chi connectivity index (χ2n) is 4.36. The minimum atomic E-state index is -4.46. The fourth-order valence-electron chi connectivity index (χ4n) is 1.72. The molecule has 6 heteroatoms. The highest BCUT2D eigenvalue weighted by Gasteiger charge is 2.30. The highest BCUT2D eigenvalue weighted by molar-refractivity contribution is 9.08. The van der Waals surface area contributed by atoms with Crippen molar-refractivity contribution in [3.05, 3.63) is 65.2 Å². The summed E-state index contributed by atoms with van der Waals surface area (Å²) in [5.41, 5.74) is 0.688. The third kappa shape index (κ3) is 4.07. The zero-order valence-electron chi connectivity index (χ0n) is 10.7. The minimum Gasteiger partial charge on any atom is -0.322 e. The van der Waals surface area contributed by atoms with Crippen LogP contribution in [0.4, 0.5) is 18.9 Å². The van der Waals surface area contributed by atoms with Gasteiger partial charge in [-0.1, -0.05) is 34.1 Å². The Morgan fingerprint density at radius 3 is 2.33 bits per heavy atom. The van der Waals surface area contributed by atoms with Gasteiger partial charge in [0.15, 0.2) is 0 Å². The second kappa shape index (κ2) is 6.30. The molecule has 0 aromatic heterocycles. The Morgan fingerprint density at radius 2 is 1.76 bits per heavy atom. The third-order valence-corrected chi connectivity index (χ3v) is 3.47. The van der Waals surface area contributed by atoms with Crippen molar-refractivity contribution in [3.8, 4) is 0 Å². The molecule has 0 unspecified atom stereocenters. The maximum absolute atomic E-state index is 12.6. The summed E-state index contributed by atoms with van der Waals surface area (Å²) in [6.07, 6.45) is -4.46. The van der Waals surface area contributed by atoms with E-state index in [9.17, 15) is 18.0 Å². The number of amides is 1. The topological polar surface area (TPSA) is 29.1 Å². The molecule has 0 saturated heterocycles. The van der Waals surface area contributed by atoms with Gasteiger partial charge in [-0.05, 0) is 35.9 Å². The molecule has 110 valence electrons. The van der Waals surface area contributed by atoms with E-state index < -0.39 is 17.6 Å². The number of halogens is 4. The highest BCUT2D eigenvalue weighted by atomic mass is 79.9. The van der Waals surface area contributed by atoms with Crippen LogP contribution in [0.3, 0.4) is 0 Å². The monoisotopic (exact) mass is 357 g/mol.